The van der Waals surface area contributed by atoms with Crippen molar-refractivity contribution in [1.82, 2.24) is 9.97 Å². The minimum Gasteiger partial charge on any atom is -0.253 e. The number of hydrogen-bond acceptors (Lipinski definition) is 4. The molecule has 62 valence electrons. The van der Waals surface area contributed by atoms with Crippen molar-refractivity contribution in [3.8, 4) is 0 Å². The summed E-state index contributed by atoms with van der Waals surface area (Å²) in [7, 11) is 0. The van der Waals surface area contributed by atoms with Crippen LogP contribution in [0.4, 0.5) is 11.4 Å². The van der Waals surface area contributed by atoms with Crippen molar-refractivity contribution in [1.29, 1.82) is 0 Å². The van der Waals surface area contributed by atoms with Gasteiger partial charge in [0.25, 0.3) is 0 Å². The van der Waals surface area contributed by atoms with Crippen molar-refractivity contribution in [3.63, 3.8) is 0 Å². The van der Waals surface area contributed by atoms with Gasteiger partial charge in [-0.1, -0.05) is 0 Å². The average molecular weight is 188 g/mol. The van der Waals surface area contributed by atoms with Crippen LogP contribution in [0.25, 0.3) is 11.0 Å². The highest BCUT2D eigenvalue weighted by Gasteiger charge is 2.07. The molecule has 13 heavy (non-hydrogen) atoms. The van der Waals surface area contributed by atoms with E-state index in [1.165, 1.54) is 11.4 Å². The molecule has 3 rings (SSSR count). The van der Waals surface area contributed by atoms with Crippen LogP contribution in [0.5, 0.6) is 0 Å². The van der Waals surface area contributed by atoms with Gasteiger partial charge in [0.2, 0.25) is 0 Å². The number of nitrogens with zero attached hydrogens (tertiary/aromatic N) is 4. The van der Waals surface area contributed by atoms with Crippen LogP contribution in [-0.4, -0.2) is 9.97 Å². The van der Waals surface area contributed by atoms with Gasteiger partial charge in [0.05, 0.1) is 22.4 Å². The summed E-state index contributed by atoms with van der Waals surface area (Å²) in [5.74, 6) is 0. The van der Waals surface area contributed by atoms with E-state index in [1.807, 2.05) is 12.1 Å². The van der Waals surface area contributed by atoms with Crippen LogP contribution >= 0.6 is 0 Å². The maximum absolute atomic E-state index is 4.19. The van der Waals surface area contributed by atoms with Gasteiger partial charge in [-0.15, -0.1) is 0 Å². The molecule has 0 aliphatic carbocycles. The molecule has 0 spiro atoms. The first-order valence-electron chi connectivity index (χ1n) is 3.76. The van der Waals surface area contributed by atoms with E-state index in [9.17, 15) is 0 Å². The summed E-state index contributed by atoms with van der Waals surface area (Å²) in [6, 6.07) is 3.81. The van der Waals surface area contributed by atoms with E-state index in [1.54, 1.807) is 12.4 Å². The van der Waals surface area contributed by atoms with E-state index in [2.05, 4.69) is 18.7 Å². The van der Waals surface area contributed by atoms with Gasteiger partial charge in [0.15, 0.2) is 0 Å². The zero-order valence-electron chi connectivity index (χ0n) is 6.51. The summed E-state index contributed by atoms with van der Waals surface area (Å²) in [5.41, 5.74) is 3.50. The molecule has 5 heteroatoms. The molecule has 2 aromatic rings. The van der Waals surface area contributed by atoms with Crippen LogP contribution < -0.4 is 0 Å². The molecular weight excluding hydrogens is 184 g/mol. The molecule has 0 unspecified atom stereocenters. The summed E-state index contributed by atoms with van der Waals surface area (Å²) in [6.07, 6.45) is 3.35. The molecule has 1 aliphatic rings. The highest BCUT2D eigenvalue weighted by atomic mass is 32.1. The Morgan fingerprint density at radius 3 is 1.92 bits per heavy atom. The molecule has 0 radical (unpaired) electrons. The van der Waals surface area contributed by atoms with Gasteiger partial charge in [-0.05, 0) is 12.1 Å². The normalized spacial score (nSPS) is 12.9. The molecule has 0 fully saturated rings. The minimum atomic E-state index is 0.864. The van der Waals surface area contributed by atoms with Crippen molar-refractivity contribution in [2.24, 2.45) is 8.73 Å². The number of fused-ring (bicyclic) bond motifs is 2. The molecular formula is C8H4N4S. The van der Waals surface area contributed by atoms with E-state index in [4.69, 9.17) is 0 Å². The standard InChI is InChI=1S/C8H4N4S/c1-2-10-6-4-8-7(11-13-12-8)3-5(6)9-1/h1-4H. The van der Waals surface area contributed by atoms with Gasteiger partial charge in [-0.2, -0.15) is 8.73 Å². The predicted octanol–water partition coefficient (Wildman–Crippen LogP) is 2.36. The fourth-order valence-electron chi connectivity index (χ4n) is 1.24. The highest BCUT2D eigenvalue weighted by molar-refractivity contribution is 7.58. The number of rotatable bonds is 0. The Kier molecular flexibility index (Phi) is 1.28. The fraction of sp³-hybridized carbons (Fsp3) is 0. The molecule has 4 nitrogen and oxygen atoms in total. The van der Waals surface area contributed by atoms with E-state index < -0.39 is 0 Å². The van der Waals surface area contributed by atoms with Gasteiger partial charge in [-0.3, -0.25) is 9.97 Å². The van der Waals surface area contributed by atoms with Crippen molar-refractivity contribution in [3.05, 3.63) is 24.5 Å². The number of aromatic nitrogens is 2. The van der Waals surface area contributed by atoms with Crippen LogP contribution in [0.1, 0.15) is 0 Å². The smallest absolute Gasteiger partial charge is 0.107 e. The third kappa shape index (κ3) is 0.972. The maximum atomic E-state index is 4.19. The molecule has 0 amide bonds. The van der Waals surface area contributed by atoms with Crippen molar-refractivity contribution in [2.75, 3.05) is 0 Å². The maximum Gasteiger partial charge on any atom is 0.107 e. The quantitative estimate of drug-likeness (QED) is 0.543. The Bertz CT molecular complexity index is 511. The molecule has 1 aromatic carbocycles. The molecule has 0 N–H and O–H groups in total. The van der Waals surface area contributed by atoms with Crippen LogP contribution in [0.15, 0.2) is 33.3 Å². The Hall–Kier alpha value is -1.62. The first kappa shape index (κ1) is 6.85. The fourth-order valence-corrected chi connectivity index (χ4v) is 1.75. The third-order valence-electron chi connectivity index (χ3n) is 1.84. The average Bonchev–Trinajstić information content (AvgIpc) is 2.61. The lowest BCUT2D eigenvalue weighted by Crippen LogP contribution is -1.80. The van der Waals surface area contributed by atoms with Crippen molar-refractivity contribution < 1.29 is 0 Å². The van der Waals surface area contributed by atoms with Crippen LogP contribution in [-0.2, 0) is 11.4 Å². The van der Waals surface area contributed by atoms with Crippen LogP contribution in [0, 0.1) is 0 Å². The Morgan fingerprint density at radius 1 is 0.846 bits per heavy atom. The first-order chi connectivity index (χ1) is 6.43. The second-order valence-corrected chi connectivity index (χ2v) is 3.18. The second-order valence-electron chi connectivity index (χ2n) is 2.65. The van der Waals surface area contributed by atoms with Crippen LogP contribution in [0.2, 0.25) is 0 Å². The second kappa shape index (κ2) is 2.43. The van der Waals surface area contributed by atoms with Gasteiger partial charge in [0.1, 0.15) is 11.4 Å². The predicted molar refractivity (Wildman–Crippen MR) is 51.1 cm³/mol. The van der Waals surface area contributed by atoms with Gasteiger partial charge in [0, 0.05) is 12.4 Å². The summed E-state index contributed by atoms with van der Waals surface area (Å²) in [4.78, 5) is 8.37. The monoisotopic (exact) mass is 188 g/mol. The molecule has 0 saturated heterocycles. The zero-order valence-corrected chi connectivity index (χ0v) is 7.32. The third-order valence-corrected chi connectivity index (χ3v) is 2.40. The lowest BCUT2D eigenvalue weighted by Gasteiger charge is -1.96. The first-order valence-corrected chi connectivity index (χ1v) is 4.49. The lowest BCUT2D eigenvalue weighted by molar-refractivity contribution is 1.29. The van der Waals surface area contributed by atoms with Gasteiger partial charge < -0.3 is 0 Å². The largest absolute Gasteiger partial charge is 0.253 e. The summed E-state index contributed by atoms with van der Waals surface area (Å²) in [6.45, 7) is 0. The van der Waals surface area contributed by atoms with E-state index in [-0.39, 0.29) is 0 Å². The van der Waals surface area contributed by atoms with Gasteiger partial charge >= 0.3 is 0 Å². The van der Waals surface area contributed by atoms with Crippen molar-refractivity contribution >= 4 is 33.8 Å². The van der Waals surface area contributed by atoms with Gasteiger partial charge in [-0.25, -0.2) is 0 Å². The van der Waals surface area contributed by atoms with Crippen molar-refractivity contribution in [2.45, 2.75) is 0 Å². The molecule has 0 saturated carbocycles. The highest BCUT2D eigenvalue weighted by Crippen LogP contribution is 2.33. The molecule has 0 bridgehead atoms. The summed E-state index contributed by atoms with van der Waals surface area (Å²) >= 11 is 1.21. The Morgan fingerprint density at radius 2 is 1.38 bits per heavy atom. The lowest BCUT2D eigenvalue weighted by atomic mass is 10.2. The Labute approximate surface area is 77.5 Å². The topological polar surface area (TPSA) is 50.5 Å². The molecule has 0 atom stereocenters. The number of hydrogen-bond donors (Lipinski definition) is 0. The summed E-state index contributed by atoms with van der Waals surface area (Å²) in [5, 5.41) is 0. The van der Waals surface area contributed by atoms with E-state index >= 15 is 0 Å². The SMILES string of the molecule is c1cnc2cc3c(cc2n1)N=S=N3. The van der Waals surface area contributed by atoms with Crippen LogP contribution in [0.3, 0.4) is 0 Å². The summed E-state index contributed by atoms with van der Waals surface area (Å²) < 4.78 is 8.26. The zero-order chi connectivity index (χ0) is 8.67. The number of benzene rings is 1. The minimum absolute atomic E-state index is 0.864. The Balaban J connectivity index is 2.45. The molecule has 1 aliphatic heterocycles. The molecule has 1 aromatic heterocycles. The van der Waals surface area contributed by atoms with E-state index in [0.717, 1.165) is 22.4 Å². The van der Waals surface area contributed by atoms with E-state index in [0.29, 0.717) is 0 Å². The molecule has 2 heterocycles.